The van der Waals surface area contributed by atoms with Crippen LogP contribution in [-0.2, 0) is 14.8 Å². The first kappa shape index (κ1) is 22.4. The number of hydrogen-bond acceptors (Lipinski definition) is 7. The van der Waals surface area contributed by atoms with Crippen LogP contribution in [0.25, 0.3) is 11.0 Å². The zero-order chi connectivity index (χ0) is 23.9. The average molecular weight is 485 g/mol. The highest BCUT2D eigenvalue weighted by atomic mass is 32.2. The first-order chi connectivity index (χ1) is 16.3. The Bertz CT molecular complexity index is 1420. The van der Waals surface area contributed by atoms with Crippen molar-refractivity contribution in [2.24, 2.45) is 5.92 Å². The molecule has 3 aromatic rings. The van der Waals surface area contributed by atoms with Crippen LogP contribution in [0.1, 0.15) is 18.4 Å². The lowest BCUT2D eigenvalue weighted by Gasteiger charge is -2.30. The maximum absolute atomic E-state index is 13.1. The van der Waals surface area contributed by atoms with Gasteiger partial charge >= 0.3 is 5.63 Å². The summed E-state index contributed by atoms with van der Waals surface area (Å²) in [4.78, 5) is 24.6. The molecule has 0 aliphatic carbocycles. The van der Waals surface area contributed by atoms with Crippen molar-refractivity contribution in [1.82, 2.24) is 4.31 Å². The SMILES string of the molecule is Cc1cc(=O)oc2cc(NC(=O)C3CCN(S(=O)(=O)c4ccc5c(c4)OCCO5)CC3)ccc12. The lowest BCUT2D eigenvalue weighted by Crippen LogP contribution is -2.41. The molecule has 1 fully saturated rings. The summed E-state index contributed by atoms with van der Waals surface area (Å²) >= 11 is 0. The normalized spacial score (nSPS) is 17.0. The maximum atomic E-state index is 13.1. The number of amides is 1. The summed E-state index contributed by atoms with van der Waals surface area (Å²) in [5, 5.41) is 3.66. The van der Waals surface area contributed by atoms with E-state index in [9.17, 15) is 18.0 Å². The second-order valence-electron chi connectivity index (χ2n) is 8.43. The summed E-state index contributed by atoms with van der Waals surface area (Å²) in [5.41, 5.74) is 1.29. The van der Waals surface area contributed by atoms with Gasteiger partial charge in [0.2, 0.25) is 15.9 Å². The third-order valence-electron chi connectivity index (χ3n) is 6.20. The Balaban J connectivity index is 1.24. The largest absolute Gasteiger partial charge is 0.486 e. The molecule has 3 heterocycles. The quantitative estimate of drug-likeness (QED) is 0.566. The number of carbonyl (C=O) groups excluding carboxylic acids is 1. The Morgan fingerprint density at radius 3 is 2.50 bits per heavy atom. The standard InChI is InChI=1S/C24H24N2O7S/c1-15-12-23(27)33-21-13-17(2-4-19(15)21)25-24(28)16-6-8-26(9-7-16)34(29,30)18-3-5-20-22(14-18)32-11-10-31-20/h2-5,12-14,16H,6-11H2,1H3,(H,25,28). The Morgan fingerprint density at radius 1 is 1.00 bits per heavy atom. The van der Waals surface area contributed by atoms with Crippen molar-refractivity contribution in [3.8, 4) is 11.5 Å². The smallest absolute Gasteiger partial charge is 0.336 e. The van der Waals surface area contributed by atoms with E-state index in [4.69, 9.17) is 13.9 Å². The van der Waals surface area contributed by atoms with Crippen molar-refractivity contribution in [1.29, 1.82) is 0 Å². The third kappa shape index (κ3) is 4.26. The molecule has 0 unspecified atom stereocenters. The van der Waals surface area contributed by atoms with Gasteiger partial charge in [0.15, 0.2) is 11.5 Å². The van der Waals surface area contributed by atoms with E-state index in [2.05, 4.69) is 5.32 Å². The highest BCUT2D eigenvalue weighted by molar-refractivity contribution is 7.89. The molecule has 1 N–H and O–H groups in total. The van der Waals surface area contributed by atoms with Crippen LogP contribution in [0.4, 0.5) is 5.69 Å². The molecule has 1 saturated heterocycles. The van der Waals surface area contributed by atoms with Gasteiger partial charge in [0.25, 0.3) is 0 Å². The minimum atomic E-state index is -3.71. The highest BCUT2D eigenvalue weighted by Gasteiger charge is 2.33. The molecular weight excluding hydrogens is 460 g/mol. The molecule has 9 nitrogen and oxygen atoms in total. The van der Waals surface area contributed by atoms with Crippen LogP contribution in [0.3, 0.4) is 0 Å². The number of carbonyl (C=O) groups is 1. The van der Waals surface area contributed by atoms with Crippen molar-refractivity contribution in [2.75, 3.05) is 31.6 Å². The molecule has 0 bridgehead atoms. The highest BCUT2D eigenvalue weighted by Crippen LogP contribution is 2.34. The van der Waals surface area contributed by atoms with E-state index in [1.807, 2.05) is 6.92 Å². The van der Waals surface area contributed by atoms with Crippen molar-refractivity contribution in [2.45, 2.75) is 24.7 Å². The molecule has 0 spiro atoms. The summed E-state index contributed by atoms with van der Waals surface area (Å²) in [7, 11) is -3.71. The Hall–Kier alpha value is -3.37. The van der Waals surface area contributed by atoms with Gasteiger partial charge in [0, 0.05) is 48.3 Å². The molecule has 178 valence electrons. The van der Waals surface area contributed by atoms with E-state index in [1.54, 1.807) is 24.3 Å². The van der Waals surface area contributed by atoms with E-state index >= 15 is 0 Å². The monoisotopic (exact) mass is 484 g/mol. The second-order valence-corrected chi connectivity index (χ2v) is 10.4. The number of nitrogens with one attached hydrogen (secondary N) is 1. The number of rotatable bonds is 4. The number of piperidine rings is 1. The van der Waals surface area contributed by atoms with Gasteiger partial charge in [-0.3, -0.25) is 4.79 Å². The molecule has 0 saturated carbocycles. The number of sulfonamides is 1. The number of benzene rings is 2. The number of ether oxygens (including phenoxy) is 2. The summed E-state index contributed by atoms with van der Waals surface area (Å²) in [6, 6.07) is 11.2. The molecule has 2 aromatic carbocycles. The molecule has 2 aliphatic heterocycles. The van der Waals surface area contributed by atoms with Crippen LogP contribution in [0, 0.1) is 12.8 Å². The Morgan fingerprint density at radius 2 is 1.74 bits per heavy atom. The third-order valence-corrected chi connectivity index (χ3v) is 8.09. The number of fused-ring (bicyclic) bond motifs is 2. The van der Waals surface area contributed by atoms with E-state index in [1.165, 1.54) is 22.5 Å². The van der Waals surface area contributed by atoms with Gasteiger partial charge in [0.05, 0.1) is 4.90 Å². The predicted molar refractivity (Wildman–Crippen MR) is 125 cm³/mol. The first-order valence-electron chi connectivity index (χ1n) is 11.1. The van der Waals surface area contributed by atoms with Crippen LogP contribution in [0.15, 0.2) is 56.6 Å². The molecule has 1 amide bonds. The van der Waals surface area contributed by atoms with Gasteiger partial charge in [-0.1, -0.05) is 0 Å². The number of aryl methyl sites for hydroxylation is 1. The summed E-state index contributed by atoms with van der Waals surface area (Å²) < 4.78 is 43.8. The number of hydrogen-bond donors (Lipinski definition) is 1. The fourth-order valence-electron chi connectivity index (χ4n) is 4.34. The van der Waals surface area contributed by atoms with Crippen molar-refractivity contribution in [3.05, 3.63) is 58.4 Å². The van der Waals surface area contributed by atoms with E-state index in [-0.39, 0.29) is 29.8 Å². The second kappa shape index (κ2) is 8.77. The van der Waals surface area contributed by atoms with Crippen LogP contribution < -0.4 is 20.4 Å². The van der Waals surface area contributed by atoms with Gasteiger partial charge in [-0.2, -0.15) is 4.31 Å². The van der Waals surface area contributed by atoms with E-state index in [0.717, 1.165) is 10.9 Å². The molecular formula is C24H24N2O7S. The van der Waals surface area contributed by atoms with Crippen LogP contribution in [0.5, 0.6) is 11.5 Å². The topological polar surface area (TPSA) is 115 Å². The van der Waals surface area contributed by atoms with Crippen LogP contribution in [0.2, 0.25) is 0 Å². The molecule has 5 rings (SSSR count). The van der Waals surface area contributed by atoms with Crippen molar-refractivity contribution >= 4 is 32.6 Å². The lowest BCUT2D eigenvalue weighted by atomic mass is 9.97. The zero-order valence-electron chi connectivity index (χ0n) is 18.6. The summed E-state index contributed by atoms with van der Waals surface area (Å²) in [5.74, 6) is 0.435. The van der Waals surface area contributed by atoms with Gasteiger partial charge in [-0.05, 0) is 49.6 Å². The number of anilines is 1. The molecule has 2 aliphatic rings. The number of nitrogens with zero attached hydrogens (tertiary/aromatic N) is 1. The first-order valence-corrected chi connectivity index (χ1v) is 12.5. The minimum absolute atomic E-state index is 0.146. The summed E-state index contributed by atoms with van der Waals surface area (Å²) in [6.45, 7) is 3.10. The molecule has 0 radical (unpaired) electrons. The Kier molecular flexibility index (Phi) is 5.78. The van der Waals surface area contributed by atoms with Gasteiger partial charge in [-0.25, -0.2) is 13.2 Å². The van der Waals surface area contributed by atoms with Gasteiger partial charge in [0.1, 0.15) is 18.8 Å². The van der Waals surface area contributed by atoms with Crippen LogP contribution in [-0.4, -0.2) is 44.9 Å². The fraction of sp³-hybridized carbons (Fsp3) is 0.333. The van der Waals surface area contributed by atoms with Crippen LogP contribution >= 0.6 is 0 Å². The fourth-order valence-corrected chi connectivity index (χ4v) is 5.82. The molecule has 10 heteroatoms. The molecule has 0 atom stereocenters. The molecule has 34 heavy (non-hydrogen) atoms. The molecule has 1 aromatic heterocycles. The van der Waals surface area contributed by atoms with E-state index in [0.29, 0.717) is 48.8 Å². The van der Waals surface area contributed by atoms with E-state index < -0.39 is 15.6 Å². The lowest BCUT2D eigenvalue weighted by molar-refractivity contribution is -0.120. The predicted octanol–water partition coefficient (Wildman–Crippen LogP) is 2.91. The average Bonchev–Trinajstić information content (AvgIpc) is 2.83. The summed E-state index contributed by atoms with van der Waals surface area (Å²) in [6.07, 6.45) is 0.800. The Labute approximate surface area is 196 Å². The van der Waals surface area contributed by atoms with Crippen molar-refractivity contribution < 1.29 is 27.1 Å². The van der Waals surface area contributed by atoms with Gasteiger partial charge in [-0.15, -0.1) is 0 Å². The minimum Gasteiger partial charge on any atom is -0.486 e. The zero-order valence-corrected chi connectivity index (χ0v) is 19.4. The van der Waals surface area contributed by atoms with Gasteiger partial charge < -0.3 is 19.2 Å². The maximum Gasteiger partial charge on any atom is 0.336 e. The van der Waals surface area contributed by atoms with Crippen molar-refractivity contribution in [3.63, 3.8) is 0 Å².